The Bertz CT molecular complexity index is 2400. The predicted octanol–water partition coefficient (Wildman–Crippen LogP) is 13.2. The van der Waals surface area contributed by atoms with E-state index in [1.165, 1.54) is 105 Å². The van der Waals surface area contributed by atoms with Gasteiger partial charge in [0.2, 0.25) is 5.52 Å². The van der Waals surface area contributed by atoms with E-state index in [2.05, 4.69) is 131 Å². The van der Waals surface area contributed by atoms with Gasteiger partial charge in [-0.25, -0.2) is 0 Å². The van der Waals surface area contributed by atoms with Crippen LogP contribution in [0, 0.1) is 5.92 Å². The van der Waals surface area contributed by atoms with Crippen molar-refractivity contribution in [2.24, 2.45) is 5.92 Å². The van der Waals surface area contributed by atoms with Gasteiger partial charge >= 0.3 is 0 Å². The molecule has 3 aliphatic rings. The lowest BCUT2D eigenvalue weighted by atomic mass is 9.77. The van der Waals surface area contributed by atoms with Gasteiger partial charge in [-0.15, -0.1) is 0 Å². The Kier molecular flexibility index (Phi) is 13.3. The Balaban J connectivity index is 1.07. The van der Waals surface area contributed by atoms with E-state index in [0.717, 1.165) is 50.3 Å². The monoisotopic (exact) mass is 843 g/mol. The van der Waals surface area contributed by atoms with Gasteiger partial charge in [-0.3, -0.25) is 9.59 Å². The molecular formula is C48H47N2O2S5+. The predicted molar refractivity (Wildman–Crippen MR) is 247 cm³/mol. The average Bonchev–Trinajstić information content (AvgIpc) is 3.74. The number of benzene rings is 4. The highest BCUT2D eigenvalue weighted by atomic mass is 32.2. The molecule has 2 heterocycles. The number of aryl methyl sites for hydroxylation is 1. The number of thioether (sulfide) groups is 3. The summed E-state index contributed by atoms with van der Waals surface area (Å²) in [4.78, 5) is 29.7. The fourth-order valence-corrected chi connectivity index (χ4v) is 12.1. The molecule has 290 valence electrons. The highest BCUT2D eigenvalue weighted by molar-refractivity contribution is 8.13. The number of nitrogens with zero attached hydrogens (tertiary/aromatic N) is 2. The van der Waals surface area contributed by atoms with E-state index in [0.29, 0.717) is 5.92 Å². The molecule has 0 saturated carbocycles. The number of allylic oxidation sites excluding steroid dienone is 6. The number of aromatic nitrogens is 1. The first-order valence-corrected chi connectivity index (χ1v) is 24.2. The van der Waals surface area contributed by atoms with Crippen LogP contribution in [0.5, 0.6) is 0 Å². The van der Waals surface area contributed by atoms with Crippen LogP contribution in [0.25, 0.3) is 27.4 Å². The summed E-state index contributed by atoms with van der Waals surface area (Å²) in [5, 5.41) is 2.92. The van der Waals surface area contributed by atoms with Crippen LogP contribution in [0.15, 0.2) is 152 Å². The molecular weight excluding hydrogens is 797 g/mol. The number of hydrogen-bond donors (Lipinski definition) is 0. The Morgan fingerprint density at radius 1 is 0.789 bits per heavy atom. The van der Waals surface area contributed by atoms with Crippen molar-refractivity contribution in [2.75, 3.05) is 23.0 Å². The summed E-state index contributed by atoms with van der Waals surface area (Å²) >= 11 is 8.39. The van der Waals surface area contributed by atoms with Crippen LogP contribution in [0.3, 0.4) is 0 Å². The number of rotatable bonds is 13. The number of fused-ring (bicyclic) bond motifs is 3. The molecule has 8 rings (SSSR count). The SMILES string of the molecule is CC(=O)SCCCN1/C(=C/C2=CC3=C/C(=C/c4sc5ccc(-c6ccccc6)cc5[n+]4CCCSC(C)=O)CCC3CC2)Sc2ccc(Sc3ccccc3)cc21. The molecule has 4 nitrogen and oxygen atoms in total. The Morgan fingerprint density at radius 2 is 1.54 bits per heavy atom. The highest BCUT2D eigenvalue weighted by Gasteiger charge is 2.28. The highest BCUT2D eigenvalue weighted by Crippen LogP contribution is 2.49. The van der Waals surface area contributed by atoms with Crippen molar-refractivity contribution in [1.82, 2.24) is 0 Å². The standard InChI is InChI=1S/C48H47N2O2S5/c1-33(51)53-25-9-23-49-43-31-39(37-11-5-3-6-12-37)19-21-45(43)56-47(49)29-35-15-17-38-18-16-36(28-40(38)27-35)30-48-50(24-10-26-54-34(2)52)44-32-42(20-22-46(44)57-48)55-41-13-7-4-8-14-41/h3-8,11-14,19-22,27-32,38H,9-10,15-18,23-26H2,1-2H3/q+1. The molecule has 0 spiro atoms. The summed E-state index contributed by atoms with van der Waals surface area (Å²) in [6.45, 7) is 5.08. The van der Waals surface area contributed by atoms with E-state index >= 15 is 0 Å². The van der Waals surface area contributed by atoms with Gasteiger partial charge in [0.15, 0.2) is 16.8 Å². The molecule has 0 radical (unpaired) electrons. The molecule has 2 aliphatic carbocycles. The minimum atomic E-state index is 0.183. The van der Waals surface area contributed by atoms with E-state index < -0.39 is 0 Å². The molecule has 0 fully saturated rings. The third-order valence-electron chi connectivity index (χ3n) is 10.5. The first-order valence-electron chi connectivity index (χ1n) is 19.8. The molecule has 0 N–H and O–H groups in total. The third kappa shape index (κ3) is 10.1. The molecule has 1 atom stereocenters. The minimum Gasteiger partial charge on any atom is -0.335 e. The van der Waals surface area contributed by atoms with Gasteiger partial charge in [0, 0.05) is 65.1 Å². The summed E-state index contributed by atoms with van der Waals surface area (Å²) in [6, 6.07) is 34.9. The largest absolute Gasteiger partial charge is 0.335 e. The summed E-state index contributed by atoms with van der Waals surface area (Å²) in [7, 11) is 0. The molecule has 1 aromatic heterocycles. The van der Waals surface area contributed by atoms with Gasteiger partial charge in [-0.1, -0.05) is 125 Å². The molecule has 4 aromatic carbocycles. The fourth-order valence-electron chi connectivity index (χ4n) is 7.79. The van der Waals surface area contributed by atoms with Crippen LogP contribution in [0.1, 0.15) is 57.4 Å². The number of anilines is 1. The Hall–Kier alpha value is -3.73. The Labute approximate surface area is 358 Å². The first kappa shape index (κ1) is 40.1. The molecule has 9 heteroatoms. The van der Waals surface area contributed by atoms with Crippen LogP contribution >= 0.6 is 58.4 Å². The van der Waals surface area contributed by atoms with Crippen LogP contribution in [-0.4, -0.2) is 28.3 Å². The van der Waals surface area contributed by atoms with Crippen LogP contribution in [0.2, 0.25) is 0 Å². The molecule has 0 amide bonds. The van der Waals surface area contributed by atoms with Gasteiger partial charge in [0.25, 0.3) is 5.01 Å². The van der Waals surface area contributed by atoms with Crippen molar-refractivity contribution >= 4 is 90.6 Å². The quantitative estimate of drug-likeness (QED) is 0.0864. The van der Waals surface area contributed by atoms with Crippen molar-refractivity contribution in [2.45, 2.75) is 73.6 Å². The first-order chi connectivity index (χ1) is 27.9. The van der Waals surface area contributed by atoms with Crippen molar-refractivity contribution in [3.05, 3.63) is 142 Å². The van der Waals surface area contributed by atoms with E-state index in [9.17, 15) is 9.59 Å². The van der Waals surface area contributed by atoms with Gasteiger partial charge in [0.1, 0.15) is 4.70 Å². The number of thiazole rings is 1. The smallest absolute Gasteiger partial charge is 0.263 e. The average molecular weight is 844 g/mol. The van der Waals surface area contributed by atoms with Crippen molar-refractivity contribution < 1.29 is 14.2 Å². The van der Waals surface area contributed by atoms with Crippen molar-refractivity contribution in [1.29, 1.82) is 0 Å². The summed E-state index contributed by atoms with van der Waals surface area (Å²) in [5.74, 6) is 2.26. The maximum absolute atomic E-state index is 11.7. The van der Waals surface area contributed by atoms with Crippen LogP contribution < -0.4 is 9.47 Å². The molecule has 0 saturated heterocycles. The number of hydrogen-bond acceptors (Lipinski definition) is 8. The maximum Gasteiger partial charge on any atom is 0.263 e. The van der Waals surface area contributed by atoms with Gasteiger partial charge < -0.3 is 4.90 Å². The van der Waals surface area contributed by atoms with E-state index in [4.69, 9.17) is 0 Å². The van der Waals surface area contributed by atoms with Crippen LogP contribution in [0.4, 0.5) is 5.69 Å². The second-order valence-corrected chi connectivity index (χ2v) is 20.5. The molecule has 0 bridgehead atoms. The lowest BCUT2D eigenvalue weighted by molar-refractivity contribution is -0.668. The normalized spacial score (nSPS) is 17.8. The van der Waals surface area contributed by atoms with E-state index in [1.54, 1.807) is 25.6 Å². The van der Waals surface area contributed by atoms with Gasteiger partial charge in [-0.05, 0) is 108 Å². The number of carbonyl (C=O) groups excluding carboxylic acids is 2. The number of carbonyl (C=O) groups is 2. The molecule has 57 heavy (non-hydrogen) atoms. The maximum atomic E-state index is 11.7. The Morgan fingerprint density at radius 3 is 2.33 bits per heavy atom. The van der Waals surface area contributed by atoms with Crippen molar-refractivity contribution in [3.8, 4) is 11.1 Å². The van der Waals surface area contributed by atoms with E-state index in [1.807, 2.05) is 23.1 Å². The van der Waals surface area contributed by atoms with Gasteiger partial charge in [0.05, 0.1) is 10.7 Å². The lowest BCUT2D eigenvalue weighted by Gasteiger charge is -2.29. The van der Waals surface area contributed by atoms with E-state index in [-0.39, 0.29) is 10.2 Å². The van der Waals surface area contributed by atoms with Crippen molar-refractivity contribution in [3.63, 3.8) is 0 Å². The lowest BCUT2D eigenvalue weighted by Crippen LogP contribution is -2.35. The van der Waals surface area contributed by atoms with Gasteiger partial charge in [-0.2, -0.15) is 4.57 Å². The zero-order valence-corrected chi connectivity index (χ0v) is 36.5. The summed E-state index contributed by atoms with van der Waals surface area (Å²) in [6.07, 6.45) is 16.2. The topological polar surface area (TPSA) is 41.3 Å². The zero-order chi connectivity index (χ0) is 39.1. The molecule has 1 unspecified atom stereocenters. The van der Waals surface area contributed by atoms with Crippen LogP contribution in [-0.2, 0) is 16.1 Å². The zero-order valence-electron chi connectivity index (χ0n) is 32.4. The minimum absolute atomic E-state index is 0.183. The summed E-state index contributed by atoms with van der Waals surface area (Å²) in [5.41, 5.74) is 9.22. The fraction of sp³-hybridized carbons (Fsp3) is 0.271. The third-order valence-corrected chi connectivity index (χ3v) is 15.6. The second-order valence-electron chi connectivity index (χ2n) is 14.7. The molecule has 5 aromatic rings. The molecule has 1 aliphatic heterocycles. The second kappa shape index (κ2) is 18.9. The summed E-state index contributed by atoms with van der Waals surface area (Å²) < 4.78 is 3.78.